The molecule has 0 unspecified atom stereocenters. The highest BCUT2D eigenvalue weighted by Crippen LogP contribution is 2.34. The van der Waals surface area contributed by atoms with Gasteiger partial charge >= 0.3 is 0 Å². The van der Waals surface area contributed by atoms with Gasteiger partial charge in [0.1, 0.15) is 6.33 Å². The Kier molecular flexibility index (Phi) is 3.55. The van der Waals surface area contributed by atoms with Crippen molar-refractivity contribution >= 4 is 5.65 Å². The van der Waals surface area contributed by atoms with Crippen LogP contribution in [0.4, 0.5) is 0 Å². The maximum absolute atomic E-state index is 8.95. The highest BCUT2D eigenvalue weighted by Gasteiger charge is 2.20. The summed E-state index contributed by atoms with van der Waals surface area (Å²) >= 11 is 0. The molecule has 4 nitrogen and oxygen atoms in total. The first-order chi connectivity index (χ1) is 11.3. The Morgan fingerprint density at radius 3 is 2.74 bits per heavy atom. The van der Waals surface area contributed by atoms with Crippen LogP contribution in [0.5, 0.6) is 0 Å². The predicted octanol–water partition coefficient (Wildman–Crippen LogP) is 4.00. The number of aromatic nitrogens is 3. The van der Waals surface area contributed by atoms with Gasteiger partial charge in [-0.15, -0.1) is 0 Å². The second-order valence-electron chi connectivity index (χ2n) is 6.30. The minimum atomic E-state index is 0.671. The van der Waals surface area contributed by atoms with Crippen molar-refractivity contribution in [2.24, 2.45) is 5.92 Å². The van der Waals surface area contributed by atoms with Crippen LogP contribution in [0.2, 0.25) is 0 Å². The van der Waals surface area contributed by atoms with Crippen LogP contribution in [0.1, 0.15) is 36.8 Å². The summed E-state index contributed by atoms with van der Waals surface area (Å²) in [5.41, 5.74) is 4.96. The molecule has 0 atom stereocenters. The third-order valence-electron chi connectivity index (χ3n) is 4.52. The number of nitrogens with zero attached hydrogens (tertiary/aromatic N) is 4. The molecule has 114 valence electrons. The summed E-state index contributed by atoms with van der Waals surface area (Å²) in [4.78, 5) is 4.35. The zero-order chi connectivity index (χ0) is 15.6. The fourth-order valence-electron chi connectivity index (χ4n) is 3.05. The molecule has 23 heavy (non-hydrogen) atoms. The quantitative estimate of drug-likeness (QED) is 0.715. The Morgan fingerprint density at radius 2 is 2.00 bits per heavy atom. The van der Waals surface area contributed by atoms with Crippen molar-refractivity contribution in [2.75, 3.05) is 0 Å². The summed E-state index contributed by atoms with van der Waals surface area (Å²) in [5.74, 6) is 0.977. The molecule has 2 heterocycles. The third-order valence-corrected chi connectivity index (χ3v) is 4.52. The van der Waals surface area contributed by atoms with E-state index in [1.54, 1.807) is 6.33 Å². The summed E-state index contributed by atoms with van der Waals surface area (Å²) < 4.78 is 1.87. The predicted molar refractivity (Wildman–Crippen MR) is 88.8 cm³/mol. The van der Waals surface area contributed by atoms with Crippen LogP contribution >= 0.6 is 0 Å². The van der Waals surface area contributed by atoms with Gasteiger partial charge in [-0.3, -0.25) is 0 Å². The minimum Gasteiger partial charge on any atom is -0.215 e. The van der Waals surface area contributed by atoms with Gasteiger partial charge < -0.3 is 0 Å². The second-order valence-corrected chi connectivity index (χ2v) is 6.30. The Morgan fingerprint density at radius 1 is 1.17 bits per heavy atom. The monoisotopic (exact) mass is 302 g/mol. The maximum Gasteiger partial charge on any atom is 0.156 e. The molecule has 0 bridgehead atoms. The van der Waals surface area contributed by atoms with Gasteiger partial charge in [-0.2, -0.15) is 10.4 Å². The molecule has 4 heteroatoms. The second kappa shape index (κ2) is 5.85. The zero-order valence-corrected chi connectivity index (χ0v) is 12.9. The molecule has 0 saturated heterocycles. The smallest absolute Gasteiger partial charge is 0.156 e. The lowest BCUT2D eigenvalue weighted by Gasteiger charge is -2.08. The van der Waals surface area contributed by atoms with E-state index in [1.165, 1.54) is 31.2 Å². The van der Waals surface area contributed by atoms with E-state index in [1.807, 2.05) is 28.8 Å². The minimum absolute atomic E-state index is 0.671. The highest BCUT2D eigenvalue weighted by atomic mass is 15.3. The first kappa shape index (κ1) is 14.0. The van der Waals surface area contributed by atoms with Crippen LogP contribution in [0.15, 0.2) is 42.7 Å². The van der Waals surface area contributed by atoms with Gasteiger partial charge in [-0.25, -0.2) is 9.50 Å². The number of benzene rings is 1. The SMILES string of the molecule is N#Cc1ccc(-c2cc(CCCC3CC3)cc3ncnn23)cc1. The van der Waals surface area contributed by atoms with Gasteiger partial charge in [0.25, 0.3) is 0 Å². The Labute approximate surface area is 135 Å². The lowest BCUT2D eigenvalue weighted by Crippen LogP contribution is -1.98. The highest BCUT2D eigenvalue weighted by molar-refractivity contribution is 5.65. The number of pyridine rings is 1. The summed E-state index contributed by atoms with van der Waals surface area (Å²) in [7, 11) is 0. The topological polar surface area (TPSA) is 54.0 Å². The average molecular weight is 302 g/mol. The number of hydrogen-bond donors (Lipinski definition) is 0. The van der Waals surface area contributed by atoms with Crippen LogP contribution in [0, 0.1) is 17.2 Å². The Bertz CT molecular complexity index is 867. The number of hydrogen-bond acceptors (Lipinski definition) is 3. The maximum atomic E-state index is 8.95. The summed E-state index contributed by atoms with van der Waals surface area (Å²) in [6.07, 6.45) is 8.09. The lowest BCUT2D eigenvalue weighted by molar-refractivity contribution is 0.666. The number of rotatable bonds is 5. The molecule has 0 N–H and O–H groups in total. The normalized spacial score (nSPS) is 14.0. The van der Waals surface area contributed by atoms with Crippen molar-refractivity contribution in [1.29, 1.82) is 5.26 Å². The first-order valence-corrected chi connectivity index (χ1v) is 8.17. The number of nitriles is 1. The lowest BCUT2D eigenvalue weighted by atomic mass is 10.0. The van der Waals surface area contributed by atoms with E-state index in [-0.39, 0.29) is 0 Å². The molecule has 1 fully saturated rings. The average Bonchev–Trinajstić information content (AvgIpc) is 3.29. The van der Waals surface area contributed by atoms with Crippen molar-refractivity contribution in [1.82, 2.24) is 14.6 Å². The van der Waals surface area contributed by atoms with E-state index >= 15 is 0 Å². The molecule has 0 amide bonds. The van der Waals surface area contributed by atoms with E-state index < -0.39 is 0 Å². The van der Waals surface area contributed by atoms with Crippen molar-refractivity contribution in [3.8, 4) is 17.3 Å². The fourth-order valence-corrected chi connectivity index (χ4v) is 3.05. The van der Waals surface area contributed by atoms with Gasteiger partial charge in [-0.05, 0) is 48.6 Å². The van der Waals surface area contributed by atoms with Gasteiger partial charge in [-0.1, -0.05) is 31.4 Å². The van der Waals surface area contributed by atoms with Crippen LogP contribution < -0.4 is 0 Å². The van der Waals surface area contributed by atoms with Crippen molar-refractivity contribution in [3.05, 3.63) is 53.9 Å². The largest absolute Gasteiger partial charge is 0.215 e. The third kappa shape index (κ3) is 2.95. The van der Waals surface area contributed by atoms with Gasteiger partial charge in [0.15, 0.2) is 5.65 Å². The van der Waals surface area contributed by atoms with Crippen molar-refractivity contribution in [2.45, 2.75) is 32.1 Å². The Hall–Kier alpha value is -2.67. The van der Waals surface area contributed by atoms with Crippen LogP contribution in [-0.4, -0.2) is 14.6 Å². The Balaban J connectivity index is 1.67. The first-order valence-electron chi connectivity index (χ1n) is 8.17. The molecular formula is C19H18N4. The number of aryl methyl sites for hydroxylation is 1. The van der Waals surface area contributed by atoms with E-state index in [4.69, 9.17) is 5.26 Å². The van der Waals surface area contributed by atoms with E-state index in [0.29, 0.717) is 5.56 Å². The molecule has 3 aromatic rings. The van der Waals surface area contributed by atoms with Crippen molar-refractivity contribution < 1.29 is 0 Å². The molecule has 0 spiro atoms. The van der Waals surface area contributed by atoms with E-state index in [9.17, 15) is 0 Å². The van der Waals surface area contributed by atoms with E-state index in [0.717, 1.165) is 29.2 Å². The molecular weight excluding hydrogens is 284 g/mol. The zero-order valence-electron chi connectivity index (χ0n) is 12.9. The van der Waals surface area contributed by atoms with Crippen molar-refractivity contribution in [3.63, 3.8) is 0 Å². The molecule has 0 aliphatic heterocycles. The van der Waals surface area contributed by atoms with E-state index in [2.05, 4.69) is 28.3 Å². The summed E-state index contributed by atoms with van der Waals surface area (Å²) in [6.45, 7) is 0. The molecule has 1 aliphatic carbocycles. The molecule has 0 radical (unpaired) electrons. The number of fused-ring (bicyclic) bond motifs is 1. The van der Waals surface area contributed by atoms with Gasteiger partial charge in [0.2, 0.25) is 0 Å². The molecule has 2 aromatic heterocycles. The summed E-state index contributed by atoms with van der Waals surface area (Å²) in [5, 5.41) is 13.3. The van der Waals surface area contributed by atoms with Crippen LogP contribution in [-0.2, 0) is 6.42 Å². The molecule has 4 rings (SSSR count). The molecule has 1 saturated carbocycles. The summed E-state index contributed by atoms with van der Waals surface area (Å²) in [6, 6.07) is 14.1. The van der Waals surface area contributed by atoms with Gasteiger partial charge in [0, 0.05) is 5.56 Å². The standard InChI is InChI=1S/C19H18N4/c20-12-15-6-8-17(9-7-15)18-10-16(3-1-2-14-4-5-14)11-19-21-13-22-23(18)19/h6-11,13-14H,1-5H2. The molecule has 1 aliphatic rings. The fraction of sp³-hybridized carbons (Fsp3) is 0.316. The van der Waals surface area contributed by atoms with Crippen LogP contribution in [0.3, 0.4) is 0 Å². The van der Waals surface area contributed by atoms with Crippen LogP contribution in [0.25, 0.3) is 16.9 Å². The molecule has 1 aromatic carbocycles. The van der Waals surface area contributed by atoms with Gasteiger partial charge in [0.05, 0.1) is 17.3 Å².